The van der Waals surface area contributed by atoms with Gasteiger partial charge in [-0.15, -0.1) is 0 Å². The number of rotatable bonds is 6. The topological polar surface area (TPSA) is 94.6 Å². The number of anilines is 2. The van der Waals surface area contributed by atoms with Crippen molar-refractivity contribution in [1.29, 1.82) is 10.5 Å². The molecule has 3 aromatic rings. The number of nitrogens with one attached hydrogen (secondary N) is 1. The quantitative estimate of drug-likeness (QED) is 0.469. The first-order valence-electron chi connectivity index (χ1n) is 11.1. The second-order valence-electron chi connectivity index (χ2n) is 8.19. The first-order valence-corrected chi connectivity index (χ1v) is 11.1. The average Bonchev–Trinajstić information content (AvgIpc) is 2.81. The highest BCUT2D eigenvalue weighted by molar-refractivity contribution is 5.59. The van der Waals surface area contributed by atoms with Crippen LogP contribution in [0.3, 0.4) is 0 Å². The Morgan fingerprint density at radius 3 is 2.45 bits per heavy atom. The summed E-state index contributed by atoms with van der Waals surface area (Å²) >= 11 is 0. The van der Waals surface area contributed by atoms with Crippen LogP contribution in [0.4, 0.5) is 11.6 Å². The summed E-state index contributed by atoms with van der Waals surface area (Å²) in [5.41, 5.74) is 6.86. The van der Waals surface area contributed by atoms with Gasteiger partial charge in [0.25, 0.3) is 0 Å². The van der Waals surface area contributed by atoms with Gasteiger partial charge in [-0.05, 0) is 92.1 Å². The van der Waals surface area contributed by atoms with Gasteiger partial charge in [0.05, 0.1) is 24.3 Å². The summed E-state index contributed by atoms with van der Waals surface area (Å²) in [6.45, 7) is 4.00. The summed E-state index contributed by atoms with van der Waals surface area (Å²) in [6.07, 6.45) is 7.65. The Balaban J connectivity index is 1.66. The van der Waals surface area contributed by atoms with E-state index in [1.165, 1.54) is 6.08 Å². The third-order valence-corrected chi connectivity index (χ3v) is 5.67. The van der Waals surface area contributed by atoms with Gasteiger partial charge in [-0.3, -0.25) is 0 Å². The highest BCUT2D eigenvalue weighted by Crippen LogP contribution is 2.35. The molecule has 4 rings (SSSR count). The number of aromatic nitrogens is 2. The van der Waals surface area contributed by atoms with Gasteiger partial charge in [-0.2, -0.15) is 15.5 Å². The maximum absolute atomic E-state index is 8.86. The molecular formula is C27H25N5O. The van der Waals surface area contributed by atoms with Gasteiger partial charge in [-0.25, -0.2) is 4.98 Å². The Labute approximate surface area is 194 Å². The van der Waals surface area contributed by atoms with Crippen LogP contribution in [0.1, 0.15) is 46.4 Å². The van der Waals surface area contributed by atoms with Crippen LogP contribution >= 0.6 is 0 Å². The fourth-order valence-electron chi connectivity index (χ4n) is 4.10. The summed E-state index contributed by atoms with van der Waals surface area (Å²) in [5.74, 6) is 1.87. The smallest absolute Gasteiger partial charge is 0.230 e. The van der Waals surface area contributed by atoms with Crippen LogP contribution in [0, 0.1) is 36.5 Å². The molecule has 164 valence electrons. The van der Waals surface area contributed by atoms with Crippen molar-refractivity contribution in [3.05, 3.63) is 76.0 Å². The van der Waals surface area contributed by atoms with Crippen molar-refractivity contribution in [2.24, 2.45) is 0 Å². The SMILES string of the molecule is Cc1cc(/C=C/C#N)cc(C)c1Oc1nc(Nc2ccc(CC#N)cc2)nc2c1CCCC2. The number of ether oxygens (including phenoxy) is 1. The molecule has 0 spiro atoms. The Hall–Kier alpha value is -4.16. The van der Waals surface area contributed by atoms with Crippen molar-refractivity contribution < 1.29 is 4.74 Å². The molecule has 0 amide bonds. The fourth-order valence-corrected chi connectivity index (χ4v) is 4.10. The number of benzene rings is 2. The summed E-state index contributed by atoms with van der Waals surface area (Å²) in [5, 5.41) is 21.0. The zero-order chi connectivity index (χ0) is 23.2. The van der Waals surface area contributed by atoms with Gasteiger partial charge in [0, 0.05) is 17.3 Å². The third-order valence-electron chi connectivity index (χ3n) is 5.67. The molecule has 0 fully saturated rings. The van der Waals surface area contributed by atoms with Crippen LogP contribution in [0.2, 0.25) is 0 Å². The largest absolute Gasteiger partial charge is 0.438 e. The Morgan fingerprint density at radius 2 is 1.76 bits per heavy atom. The monoisotopic (exact) mass is 435 g/mol. The van der Waals surface area contributed by atoms with E-state index in [1.54, 1.807) is 6.08 Å². The number of hydrogen-bond donors (Lipinski definition) is 1. The molecule has 1 heterocycles. The first kappa shape index (κ1) is 22.0. The molecule has 2 aromatic carbocycles. The average molecular weight is 436 g/mol. The molecule has 1 aliphatic carbocycles. The van der Waals surface area contributed by atoms with Gasteiger partial charge in [0.15, 0.2) is 0 Å². The zero-order valence-electron chi connectivity index (χ0n) is 18.9. The summed E-state index contributed by atoms with van der Waals surface area (Å²) < 4.78 is 6.41. The normalized spacial score (nSPS) is 12.6. The molecule has 0 aliphatic heterocycles. The van der Waals surface area contributed by atoms with Crippen molar-refractivity contribution in [2.45, 2.75) is 46.0 Å². The number of fused-ring (bicyclic) bond motifs is 1. The second-order valence-corrected chi connectivity index (χ2v) is 8.19. The van der Waals surface area contributed by atoms with Gasteiger partial charge in [0.2, 0.25) is 11.8 Å². The second kappa shape index (κ2) is 9.97. The minimum atomic E-state index is 0.386. The molecule has 6 nitrogen and oxygen atoms in total. The van der Waals surface area contributed by atoms with Crippen LogP contribution in [0.15, 0.2) is 42.5 Å². The Kier molecular flexibility index (Phi) is 6.66. The third kappa shape index (κ3) is 5.19. The zero-order valence-corrected chi connectivity index (χ0v) is 18.9. The van der Waals surface area contributed by atoms with E-state index >= 15 is 0 Å². The predicted molar refractivity (Wildman–Crippen MR) is 128 cm³/mol. The molecule has 1 N–H and O–H groups in total. The number of hydrogen-bond acceptors (Lipinski definition) is 6. The molecule has 0 radical (unpaired) electrons. The molecule has 1 aromatic heterocycles. The van der Waals surface area contributed by atoms with Gasteiger partial charge in [0.1, 0.15) is 5.75 Å². The van der Waals surface area contributed by atoms with Gasteiger partial charge < -0.3 is 10.1 Å². The minimum Gasteiger partial charge on any atom is -0.438 e. The van der Waals surface area contributed by atoms with Crippen molar-refractivity contribution >= 4 is 17.7 Å². The lowest BCUT2D eigenvalue weighted by Gasteiger charge is -2.21. The number of allylic oxidation sites excluding steroid dienone is 1. The van der Waals surface area contributed by atoms with Gasteiger partial charge >= 0.3 is 0 Å². The van der Waals surface area contributed by atoms with E-state index in [-0.39, 0.29) is 0 Å². The Morgan fingerprint density at radius 1 is 1.03 bits per heavy atom. The van der Waals surface area contributed by atoms with E-state index in [0.29, 0.717) is 18.2 Å². The van der Waals surface area contributed by atoms with E-state index in [1.807, 2.05) is 56.3 Å². The summed E-state index contributed by atoms with van der Waals surface area (Å²) in [7, 11) is 0. The summed E-state index contributed by atoms with van der Waals surface area (Å²) in [4.78, 5) is 9.50. The minimum absolute atomic E-state index is 0.386. The first-order chi connectivity index (χ1) is 16.1. The maximum atomic E-state index is 8.86. The molecule has 1 aliphatic rings. The van der Waals surface area contributed by atoms with Crippen LogP contribution in [0.5, 0.6) is 11.6 Å². The highest BCUT2D eigenvalue weighted by atomic mass is 16.5. The molecule has 0 bridgehead atoms. The van der Waals surface area contributed by atoms with Crippen molar-refractivity contribution in [2.75, 3.05) is 5.32 Å². The molecular weight excluding hydrogens is 410 g/mol. The fraction of sp³-hybridized carbons (Fsp3) is 0.259. The van der Waals surface area contributed by atoms with Crippen LogP contribution in [-0.2, 0) is 19.3 Å². The Bertz CT molecular complexity index is 1260. The van der Waals surface area contributed by atoms with E-state index in [2.05, 4.69) is 11.4 Å². The predicted octanol–water partition coefficient (Wildman–Crippen LogP) is 6.11. The number of nitriles is 2. The molecule has 0 unspecified atom stereocenters. The standard InChI is InChI=1S/C27H25N5O/c1-18-16-21(6-5-14-28)17-19(2)25(18)33-26-23-7-3-4-8-24(23)31-27(32-26)30-22-11-9-20(10-12-22)13-15-29/h5-6,9-12,16-17H,3-4,7-8,13H2,1-2H3,(H,30,31,32)/b6-5+. The number of aryl methyl sites for hydroxylation is 3. The van der Waals surface area contributed by atoms with E-state index in [9.17, 15) is 0 Å². The molecule has 0 atom stereocenters. The van der Waals surface area contributed by atoms with Crippen LogP contribution in [-0.4, -0.2) is 9.97 Å². The molecule has 6 heteroatoms. The highest BCUT2D eigenvalue weighted by Gasteiger charge is 2.21. The molecule has 0 saturated heterocycles. The van der Waals surface area contributed by atoms with E-state index < -0.39 is 0 Å². The van der Waals surface area contributed by atoms with Gasteiger partial charge in [-0.1, -0.05) is 12.1 Å². The van der Waals surface area contributed by atoms with Crippen LogP contribution in [0.25, 0.3) is 6.08 Å². The van der Waals surface area contributed by atoms with Crippen LogP contribution < -0.4 is 10.1 Å². The summed E-state index contributed by atoms with van der Waals surface area (Å²) in [6, 6.07) is 15.9. The molecule has 33 heavy (non-hydrogen) atoms. The lowest BCUT2D eigenvalue weighted by Crippen LogP contribution is -2.12. The van der Waals surface area contributed by atoms with E-state index in [0.717, 1.165) is 70.6 Å². The van der Waals surface area contributed by atoms with Crippen molar-refractivity contribution in [1.82, 2.24) is 9.97 Å². The number of nitrogens with zero attached hydrogens (tertiary/aromatic N) is 4. The lowest BCUT2D eigenvalue weighted by atomic mass is 9.97. The molecule has 0 saturated carbocycles. The van der Waals surface area contributed by atoms with E-state index in [4.69, 9.17) is 25.2 Å². The van der Waals surface area contributed by atoms with Crippen molar-refractivity contribution in [3.63, 3.8) is 0 Å². The lowest BCUT2D eigenvalue weighted by molar-refractivity contribution is 0.442. The van der Waals surface area contributed by atoms with Crippen molar-refractivity contribution in [3.8, 4) is 23.8 Å². The maximum Gasteiger partial charge on any atom is 0.230 e.